The number of methoxy groups -OCH3 is 1. The lowest BCUT2D eigenvalue weighted by atomic mass is 9.81. The van der Waals surface area contributed by atoms with Crippen LogP contribution in [0.25, 0.3) is 0 Å². The number of nitrogens with one attached hydrogen (secondary N) is 1. The number of sulfonamides is 1. The van der Waals surface area contributed by atoms with E-state index in [1.165, 1.54) is 37.1 Å². The molecule has 0 unspecified atom stereocenters. The summed E-state index contributed by atoms with van der Waals surface area (Å²) in [6.45, 7) is 1.41. The molecule has 1 N–H and O–H groups in total. The zero-order valence-corrected chi connectivity index (χ0v) is 19.4. The van der Waals surface area contributed by atoms with Crippen molar-refractivity contribution in [3.63, 3.8) is 0 Å². The van der Waals surface area contributed by atoms with Gasteiger partial charge < -0.3 is 4.74 Å². The normalized spacial score (nSPS) is 20.5. The van der Waals surface area contributed by atoms with Crippen molar-refractivity contribution < 1.29 is 27.5 Å². The van der Waals surface area contributed by atoms with Crippen molar-refractivity contribution in [3.8, 4) is 5.75 Å². The summed E-state index contributed by atoms with van der Waals surface area (Å²) in [5.74, 6) is -0.933. The average molecular weight is 471 g/mol. The highest BCUT2D eigenvalue weighted by Crippen LogP contribution is 2.39. The van der Waals surface area contributed by atoms with Gasteiger partial charge >= 0.3 is 0 Å². The molecule has 1 heterocycles. The van der Waals surface area contributed by atoms with Crippen molar-refractivity contribution in [1.82, 2.24) is 4.90 Å². The molecule has 2 fully saturated rings. The summed E-state index contributed by atoms with van der Waals surface area (Å²) in [6, 6.07) is 10.8. The molecule has 0 aromatic heterocycles. The second-order valence-electron chi connectivity index (χ2n) is 8.49. The predicted octanol–water partition coefficient (Wildman–Crippen LogP) is 3.37. The van der Waals surface area contributed by atoms with Crippen molar-refractivity contribution in [3.05, 3.63) is 53.6 Å². The maximum Gasteiger partial charge on any atom is 0.265 e. The summed E-state index contributed by atoms with van der Waals surface area (Å²) in [5, 5.41) is 0. The van der Waals surface area contributed by atoms with Crippen molar-refractivity contribution in [2.75, 3.05) is 11.8 Å². The standard InChI is InChI=1S/C24H26N2O6S/c1-15(27)17-6-5-7-18(13-17)25-33(30,31)22-12-16(10-11-21(22)32-2)14-26-23(28)19-8-3-4-9-20(19)24(26)29/h5-7,10-13,19-20,25H,3-4,8-9,14H2,1-2H3/t19-,20-/m1/s1. The third-order valence-corrected chi connectivity index (χ3v) is 7.71. The summed E-state index contributed by atoms with van der Waals surface area (Å²) in [4.78, 5) is 38.4. The van der Waals surface area contributed by atoms with Crippen LogP contribution < -0.4 is 9.46 Å². The minimum absolute atomic E-state index is 0.0109. The molecule has 0 spiro atoms. The number of carbonyl (C=O) groups is 3. The van der Waals surface area contributed by atoms with E-state index in [1.54, 1.807) is 24.3 Å². The van der Waals surface area contributed by atoms with E-state index in [2.05, 4.69) is 4.72 Å². The van der Waals surface area contributed by atoms with Crippen LogP contribution in [0.15, 0.2) is 47.4 Å². The first-order valence-corrected chi connectivity index (χ1v) is 12.4. The molecule has 174 valence electrons. The lowest BCUT2D eigenvalue weighted by Gasteiger charge is -2.19. The highest BCUT2D eigenvalue weighted by molar-refractivity contribution is 7.92. The number of ketones is 1. The van der Waals surface area contributed by atoms with Crippen LogP contribution in [0.1, 0.15) is 48.5 Å². The van der Waals surface area contributed by atoms with Crippen LogP contribution in [0, 0.1) is 11.8 Å². The van der Waals surface area contributed by atoms with Gasteiger partial charge in [-0.1, -0.05) is 31.0 Å². The first-order valence-electron chi connectivity index (χ1n) is 10.9. The maximum absolute atomic E-state index is 13.2. The van der Waals surface area contributed by atoms with Gasteiger partial charge in [-0.25, -0.2) is 8.42 Å². The lowest BCUT2D eigenvalue weighted by molar-refractivity contribution is -0.140. The van der Waals surface area contributed by atoms with Gasteiger partial charge in [-0.05, 0) is 49.6 Å². The number of fused-ring (bicyclic) bond motifs is 1. The Hall–Kier alpha value is -3.20. The maximum atomic E-state index is 13.2. The summed E-state index contributed by atoms with van der Waals surface area (Å²) < 4.78 is 34.1. The first kappa shape index (κ1) is 23.0. The SMILES string of the molecule is COc1ccc(CN2C(=O)[C@@H]3CCCC[C@H]3C2=O)cc1S(=O)(=O)Nc1cccc(C(C)=O)c1. The molecule has 0 bridgehead atoms. The van der Waals surface area contributed by atoms with Gasteiger partial charge in [-0.2, -0.15) is 0 Å². The molecule has 2 aliphatic rings. The predicted molar refractivity (Wildman–Crippen MR) is 121 cm³/mol. The van der Waals surface area contributed by atoms with Gasteiger partial charge in [-0.3, -0.25) is 24.0 Å². The minimum atomic E-state index is -4.08. The van der Waals surface area contributed by atoms with Crippen LogP contribution in [0.4, 0.5) is 5.69 Å². The van der Waals surface area contributed by atoms with Gasteiger partial charge in [0.05, 0.1) is 25.5 Å². The number of Topliss-reactive ketones (excluding diaryl/α,β-unsaturated/α-hetero) is 1. The monoisotopic (exact) mass is 470 g/mol. The molecule has 0 radical (unpaired) electrons. The van der Waals surface area contributed by atoms with Crippen LogP contribution in [-0.4, -0.2) is 38.0 Å². The van der Waals surface area contributed by atoms with Gasteiger partial charge in [0.15, 0.2) is 5.78 Å². The highest BCUT2D eigenvalue weighted by atomic mass is 32.2. The van der Waals surface area contributed by atoms with Gasteiger partial charge in [0.25, 0.3) is 10.0 Å². The van der Waals surface area contributed by atoms with Crippen LogP contribution in [-0.2, 0) is 26.2 Å². The Kier molecular flexibility index (Phi) is 6.25. The van der Waals surface area contributed by atoms with Gasteiger partial charge in [0, 0.05) is 11.3 Å². The third kappa shape index (κ3) is 4.50. The number of amides is 2. The van der Waals surface area contributed by atoms with E-state index in [4.69, 9.17) is 4.74 Å². The summed E-state index contributed by atoms with van der Waals surface area (Å²) >= 11 is 0. The Bertz CT molecular complexity index is 1200. The Labute approximate surface area is 193 Å². The topological polar surface area (TPSA) is 110 Å². The molecule has 1 aliphatic carbocycles. The van der Waals surface area contributed by atoms with Crippen molar-refractivity contribution in [2.24, 2.45) is 11.8 Å². The zero-order valence-electron chi connectivity index (χ0n) is 18.5. The second kappa shape index (κ2) is 8.97. The molecule has 1 aliphatic heterocycles. The van der Waals surface area contributed by atoms with E-state index < -0.39 is 10.0 Å². The number of imide groups is 1. The molecule has 9 heteroatoms. The smallest absolute Gasteiger partial charge is 0.265 e. The van der Waals surface area contributed by atoms with Crippen molar-refractivity contribution in [2.45, 2.75) is 44.0 Å². The number of benzene rings is 2. The Morgan fingerprint density at radius 1 is 1.06 bits per heavy atom. The van der Waals surface area contributed by atoms with Crippen LogP contribution >= 0.6 is 0 Å². The second-order valence-corrected chi connectivity index (χ2v) is 10.1. The highest BCUT2D eigenvalue weighted by Gasteiger charge is 2.47. The summed E-state index contributed by atoms with van der Waals surface area (Å²) in [5.41, 5.74) is 1.13. The molecule has 2 amide bonds. The molecule has 33 heavy (non-hydrogen) atoms. The van der Waals surface area contributed by atoms with Crippen molar-refractivity contribution in [1.29, 1.82) is 0 Å². The summed E-state index contributed by atoms with van der Waals surface area (Å²) in [6.07, 6.45) is 3.32. The minimum Gasteiger partial charge on any atom is -0.495 e. The number of hydrogen-bond acceptors (Lipinski definition) is 6. The average Bonchev–Trinajstić information content (AvgIpc) is 3.04. The van der Waals surface area contributed by atoms with E-state index in [0.29, 0.717) is 11.1 Å². The molecule has 2 aromatic rings. The van der Waals surface area contributed by atoms with Crippen LogP contribution in [0.5, 0.6) is 5.75 Å². The number of likely N-dealkylation sites (tertiary alicyclic amines) is 1. The molecule has 4 rings (SSSR count). The molecule has 8 nitrogen and oxygen atoms in total. The van der Waals surface area contributed by atoms with E-state index in [0.717, 1.165) is 25.7 Å². The third-order valence-electron chi connectivity index (χ3n) is 6.31. The lowest BCUT2D eigenvalue weighted by Crippen LogP contribution is -2.30. The largest absolute Gasteiger partial charge is 0.495 e. The zero-order chi connectivity index (χ0) is 23.8. The number of rotatable bonds is 7. The number of carbonyl (C=O) groups excluding carboxylic acids is 3. The molecule has 1 saturated heterocycles. The Balaban J connectivity index is 1.62. The van der Waals surface area contributed by atoms with E-state index in [9.17, 15) is 22.8 Å². The molecular formula is C24H26N2O6S. The Morgan fingerprint density at radius 3 is 2.33 bits per heavy atom. The van der Waals surface area contributed by atoms with Crippen LogP contribution in [0.2, 0.25) is 0 Å². The van der Waals surface area contributed by atoms with Crippen molar-refractivity contribution >= 4 is 33.3 Å². The fraction of sp³-hybridized carbons (Fsp3) is 0.375. The van der Waals surface area contributed by atoms with E-state index >= 15 is 0 Å². The fourth-order valence-corrected chi connectivity index (χ4v) is 5.88. The van der Waals surface area contributed by atoms with E-state index in [1.807, 2.05) is 0 Å². The first-order chi connectivity index (χ1) is 15.7. The number of hydrogen-bond donors (Lipinski definition) is 1. The van der Waals surface area contributed by atoms with Gasteiger partial charge in [0.1, 0.15) is 10.6 Å². The molecule has 2 atom stereocenters. The molecule has 1 saturated carbocycles. The quantitative estimate of drug-likeness (QED) is 0.491. The molecule has 2 aromatic carbocycles. The Morgan fingerprint density at radius 2 is 1.73 bits per heavy atom. The molecular weight excluding hydrogens is 444 g/mol. The number of nitrogens with zero attached hydrogens (tertiary/aromatic N) is 1. The summed E-state index contributed by atoms with van der Waals surface area (Å²) in [7, 11) is -2.71. The van der Waals surface area contributed by atoms with Crippen LogP contribution in [0.3, 0.4) is 0 Å². The van der Waals surface area contributed by atoms with E-state index in [-0.39, 0.29) is 52.3 Å². The number of anilines is 1. The van der Waals surface area contributed by atoms with Gasteiger partial charge in [-0.15, -0.1) is 0 Å². The number of ether oxygens (including phenoxy) is 1. The fourth-order valence-electron chi connectivity index (χ4n) is 4.61. The van der Waals surface area contributed by atoms with Gasteiger partial charge in [0.2, 0.25) is 11.8 Å².